The average Bonchev–Trinajstić information content (AvgIpc) is 2.90. The summed E-state index contributed by atoms with van der Waals surface area (Å²) in [5, 5.41) is 11.8. The Labute approximate surface area is 125 Å². The number of nitrogens with one attached hydrogen (secondary N) is 1. The van der Waals surface area contributed by atoms with Gasteiger partial charge in [-0.1, -0.05) is 25.2 Å². The second-order valence-corrected chi connectivity index (χ2v) is 5.67. The summed E-state index contributed by atoms with van der Waals surface area (Å²) < 4.78 is 6.21. The monoisotopic (exact) mass is 308 g/mol. The molecule has 0 aliphatic carbocycles. The summed E-state index contributed by atoms with van der Waals surface area (Å²) in [5.74, 6) is 0.120. The van der Waals surface area contributed by atoms with E-state index in [1.54, 1.807) is 12.1 Å². The third-order valence-corrected chi connectivity index (χ3v) is 3.84. The number of nitrogens with zero attached hydrogens (tertiary/aromatic N) is 3. The van der Waals surface area contributed by atoms with Gasteiger partial charge in [-0.05, 0) is 12.1 Å². The number of anilines is 1. The molecule has 0 fully saturated rings. The summed E-state index contributed by atoms with van der Waals surface area (Å²) in [5.41, 5.74) is -0.352. The lowest BCUT2D eigenvalue weighted by Gasteiger charge is -2.06. The molecule has 2 rings (SSSR count). The third-order valence-electron chi connectivity index (χ3n) is 2.70. The molecule has 0 atom stereocenters. The van der Waals surface area contributed by atoms with Crippen molar-refractivity contribution in [3.8, 4) is 5.75 Å². The number of pyridine rings is 1. The summed E-state index contributed by atoms with van der Waals surface area (Å²) in [7, 11) is 1.41. The highest BCUT2D eigenvalue weighted by Gasteiger charge is 2.12. The van der Waals surface area contributed by atoms with Crippen LogP contribution in [0.3, 0.4) is 0 Å². The number of ether oxygens (including phenoxy) is 1. The van der Waals surface area contributed by atoms with Crippen molar-refractivity contribution in [2.24, 2.45) is 0 Å². The molecule has 2 aromatic heterocycles. The van der Waals surface area contributed by atoms with Crippen molar-refractivity contribution >= 4 is 22.4 Å². The Bertz CT molecular complexity index is 693. The first kappa shape index (κ1) is 15.2. The van der Waals surface area contributed by atoms with E-state index in [0.717, 1.165) is 5.01 Å². The Kier molecular flexibility index (Phi) is 4.69. The Balaban J connectivity index is 2.06. The van der Waals surface area contributed by atoms with Crippen LogP contribution in [0.25, 0.3) is 0 Å². The van der Waals surface area contributed by atoms with E-state index in [1.165, 1.54) is 29.2 Å². The van der Waals surface area contributed by atoms with Crippen LogP contribution in [-0.4, -0.2) is 27.8 Å². The minimum atomic E-state index is -0.352. The zero-order chi connectivity index (χ0) is 15.4. The standard InChI is InChI=1S/C13H16N4O3S/c1-8(2)11-15-16-13(21-11)14-10(18)7-17-6-4-5-9(20-3)12(17)19/h4-6,8H,7H2,1-3H3,(H,14,16,18). The topological polar surface area (TPSA) is 86.1 Å². The molecule has 1 N–H and O–H groups in total. The molecule has 0 aliphatic rings. The minimum absolute atomic E-state index is 0.105. The third kappa shape index (κ3) is 3.66. The van der Waals surface area contributed by atoms with Gasteiger partial charge >= 0.3 is 0 Å². The molecule has 2 aromatic rings. The van der Waals surface area contributed by atoms with E-state index in [9.17, 15) is 9.59 Å². The predicted molar refractivity (Wildman–Crippen MR) is 79.9 cm³/mol. The highest BCUT2D eigenvalue weighted by molar-refractivity contribution is 7.15. The van der Waals surface area contributed by atoms with E-state index >= 15 is 0 Å². The second kappa shape index (κ2) is 6.49. The number of hydrogen-bond acceptors (Lipinski definition) is 6. The molecule has 0 bridgehead atoms. The van der Waals surface area contributed by atoms with E-state index in [4.69, 9.17) is 4.74 Å². The van der Waals surface area contributed by atoms with Gasteiger partial charge in [0.25, 0.3) is 5.56 Å². The summed E-state index contributed by atoms with van der Waals surface area (Å²) in [6.45, 7) is 3.90. The molecule has 0 spiro atoms. The lowest BCUT2D eigenvalue weighted by molar-refractivity contribution is -0.116. The molecule has 2 heterocycles. The van der Waals surface area contributed by atoms with Gasteiger partial charge in [0.2, 0.25) is 11.0 Å². The van der Waals surface area contributed by atoms with E-state index in [2.05, 4.69) is 15.5 Å². The molecule has 7 nitrogen and oxygen atoms in total. The summed E-state index contributed by atoms with van der Waals surface area (Å²) >= 11 is 1.33. The summed E-state index contributed by atoms with van der Waals surface area (Å²) in [4.78, 5) is 23.9. The fraction of sp³-hybridized carbons (Fsp3) is 0.385. The van der Waals surface area contributed by atoms with Crippen LogP contribution in [0, 0.1) is 0 Å². The second-order valence-electron chi connectivity index (χ2n) is 4.66. The molecule has 0 aromatic carbocycles. The number of amides is 1. The van der Waals surface area contributed by atoms with E-state index in [1.807, 2.05) is 13.8 Å². The average molecular weight is 308 g/mol. The fourth-order valence-corrected chi connectivity index (χ4v) is 2.39. The number of rotatable bonds is 5. The number of methoxy groups -OCH3 is 1. The number of carbonyl (C=O) groups is 1. The first-order valence-corrected chi connectivity index (χ1v) is 7.19. The molecule has 0 unspecified atom stereocenters. The zero-order valence-electron chi connectivity index (χ0n) is 12.0. The van der Waals surface area contributed by atoms with E-state index < -0.39 is 0 Å². The molecule has 1 amide bonds. The quantitative estimate of drug-likeness (QED) is 0.904. The van der Waals surface area contributed by atoms with Crippen LogP contribution in [0.4, 0.5) is 5.13 Å². The Morgan fingerprint density at radius 3 is 2.86 bits per heavy atom. The van der Waals surface area contributed by atoms with Crippen molar-refractivity contribution in [3.63, 3.8) is 0 Å². The molecular formula is C13H16N4O3S. The van der Waals surface area contributed by atoms with E-state index in [0.29, 0.717) is 5.13 Å². The lowest BCUT2D eigenvalue weighted by atomic mass is 10.2. The molecular weight excluding hydrogens is 292 g/mol. The SMILES string of the molecule is COc1cccn(CC(=O)Nc2nnc(C(C)C)s2)c1=O. The summed E-state index contributed by atoms with van der Waals surface area (Å²) in [6.07, 6.45) is 1.53. The van der Waals surface area contributed by atoms with Gasteiger partial charge in [0.05, 0.1) is 7.11 Å². The number of carbonyl (C=O) groups excluding carboxylic acids is 1. The minimum Gasteiger partial charge on any atom is -0.491 e. The van der Waals surface area contributed by atoms with Gasteiger partial charge < -0.3 is 9.30 Å². The molecule has 0 saturated heterocycles. The fourth-order valence-electron chi connectivity index (χ4n) is 1.63. The highest BCUT2D eigenvalue weighted by atomic mass is 32.1. The number of hydrogen-bond donors (Lipinski definition) is 1. The van der Waals surface area contributed by atoms with Crippen molar-refractivity contribution in [2.45, 2.75) is 26.3 Å². The highest BCUT2D eigenvalue weighted by Crippen LogP contribution is 2.22. The van der Waals surface area contributed by atoms with Crippen LogP contribution in [0.15, 0.2) is 23.1 Å². The maximum absolute atomic E-state index is 11.9. The van der Waals surface area contributed by atoms with Crippen LogP contribution >= 0.6 is 11.3 Å². The Hall–Kier alpha value is -2.22. The lowest BCUT2D eigenvalue weighted by Crippen LogP contribution is -2.27. The molecule has 0 radical (unpaired) electrons. The van der Waals surface area contributed by atoms with Gasteiger partial charge in [-0.3, -0.25) is 14.9 Å². The predicted octanol–water partition coefficient (Wildman–Crippen LogP) is 1.47. The van der Waals surface area contributed by atoms with Crippen LogP contribution in [-0.2, 0) is 11.3 Å². The van der Waals surface area contributed by atoms with Gasteiger partial charge in [0.15, 0.2) is 5.75 Å². The first-order chi connectivity index (χ1) is 10.0. The molecule has 21 heavy (non-hydrogen) atoms. The molecule has 0 aliphatic heterocycles. The van der Waals surface area contributed by atoms with Crippen LogP contribution in [0.2, 0.25) is 0 Å². The molecule has 8 heteroatoms. The van der Waals surface area contributed by atoms with Crippen LogP contribution in [0.5, 0.6) is 5.75 Å². The van der Waals surface area contributed by atoms with Crippen molar-refractivity contribution in [1.82, 2.24) is 14.8 Å². The number of aromatic nitrogens is 3. The van der Waals surface area contributed by atoms with Crippen LogP contribution in [0.1, 0.15) is 24.8 Å². The Morgan fingerprint density at radius 2 is 2.24 bits per heavy atom. The largest absolute Gasteiger partial charge is 0.491 e. The molecule has 0 saturated carbocycles. The van der Waals surface area contributed by atoms with Crippen molar-refractivity contribution in [2.75, 3.05) is 12.4 Å². The first-order valence-electron chi connectivity index (χ1n) is 6.38. The Morgan fingerprint density at radius 1 is 1.48 bits per heavy atom. The van der Waals surface area contributed by atoms with Crippen molar-refractivity contribution in [3.05, 3.63) is 33.7 Å². The van der Waals surface area contributed by atoms with Crippen LogP contribution < -0.4 is 15.6 Å². The molecule has 112 valence electrons. The van der Waals surface area contributed by atoms with Gasteiger partial charge in [0.1, 0.15) is 11.6 Å². The normalized spacial score (nSPS) is 10.7. The van der Waals surface area contributed by atoms with Gasteiger partial charge in [-0.2, -0.15) is 0 Å². The van der Waals surface area contributed by atoms with Crippen molar-refractivity contribution < 1.29 is 9.53 Å². The van der Waals surface area contributed by atoms with Crippen molar-refractivity contribution in [1.29, 1.82) is 0 Å². The van der Waals surface area contributed by atoms with Gasteiger partial charge in [0, 0.05) is 12.1 Å². The van der Waals surface area contributed by atoms with Gasteiger partial charge in [-0.25, -0.2) is 0 Å². The maximum atomic E-state index is 11.9. The maximum Gasteiger partial charge on any atom is 0.293 e. The van der Waals surface area contributed by atoms with Gasteiger partial charge in [-0.15, -0.1) is 10.2 Å². The summed E-state index contributed by atoms with van der Waals surface area (Å²) in [6, 6.07) is 3.20. The smallest absolute Gasteiger partial charge is 0.293 e. The van der Waals surface area contributed by atoms with E-state index in [-0.39, 0.29) is 29.7 Å². The zero-order valence-corrected chi connectivity index (χ0v) is 12.8.